The van der Waals surface area contributed by atoms with Crippen molar-refractivity contribution >= 4 is 16.5 Å². The van der Waals surface area contributed by atoms with Gasteiger partial charge in [0, 0.05) is 29.2 Å². The Balaban J connectivity index is 1.60. The first-order valence-electron chi connectivity index (χ1n) is 13.6. The molecule has 0 bridgehead atoms. The van der Waals surface area contributed by atoms with Gasteiger partial charge < -0.3 is 14.6 Å². The van der Waals surface area contributed by atoms with Crippen LogP contribution < -0.4 is 0 Å². The van der Waals surface area contributed by atoms with Crippen LogP contribution in [0.15, 0.2) is 48.1 Å². The molecule has 2 saturated heterocycles. The van der Waals surface area contributed by atoms with Gasteiger partial charge in [-0.05, 0) is 114 Å². The highest BCUT2D eigenvalue weighted by atomic mass is 16.5. The molecule has 0 amide bonds. The zero-order valence-corrected chi connectivity index (χ0v) is 23.1. The quantitative estimate of drug-likeness (QED) is 0.426. The van der Waals surface area contributed by atoms with Gasteiger partial charge in [-0.3, -0.25) is 0 Å². The number of H-pyrrole nitrogens is 1. The predicted octanol–water partition coefficient (Wildman–Crippen LogP) is 8.35. The minimum absolute atomic E-state index is 0.0208. The van der Waals surface area contributed by atoms with E-state index in [4.69, 9.17) is 4.74 Å². The lowest BCUT2D eigenvalue weighted by molar-refractivity contribution is -0.0858. The Morgan fingerprint density at radius 3 is 2.43 bits per heavy atom. The van der Waals surface area contributed by atoms with Crippen LogP contribution in [-0.4, -0.2) is 41.2 Å². The fourth-order valence-electron chi connectivity index (χ4n) is 6.18. The summed E-state index contributed by atoms with van der Waals surface area (Å²) < 4.78 is 5.97. The Hall–Kier alpha value is -2.10. The van der Waals surface area contributed by atoms with Crippen molar-refractivity contribution in [2.75, 3.05) is 19.7 Å². The minimum Gasteiger partial charge on any atom is -0.375 e. The van der Waals surface area contributed by atoms with Crippen LogP contribution in [0.3, 0.4) is 0 Å². The van der Waals surface area contributed by atoms with Crippen molar-refractivity contribution in [2.24, 2.45) is 0 Å². The highest BCUT2D eigenvalue weighted by Crippen LogP contribution is 2.38. The summed E-state index contributed by atoms with van der Waals surface area (Å²) in [6.45, 7) is 23.0. The molecule has 1 atom stereocenters. The second kappa shape index (κ2) is 10.5. The summed E-state index contributed by atoms with van der Waals surface area (Å²) in [4.78, 5) is 6.51. The number of fused-ring (bicyclic) bond motifs is 1. The maximum absolute atomic E-state index is 5.97. The molecule has 1 N–H and O–H groups in total. The molecule has 1 aromatic carbocycles. The van der Waals surface area contributed by atoms with Crippen molar-refractivity contribution < 1.29 is 4.74 Å². The number of likely N-dealkylation sites (tertiary alicyclic amines) is 1. The molecule has 0 spiro atoms. The van der Waals surface area contributed by atoms with Gasteiger partial charge in [0.25, 0.3) is 0 Å². The van der Waals surface area contributed by atoms with E-state index in [2.05, 4.69) is 95.3 Å². The summed E-state index contributed by atoms with van der Waals surface area (Å²) in [6, 6.07) is 7.85. The fraction of sp³-hybridized carbons (Fsp3) is 0.562. The number of piperidine rings is 1. The number of hydrogen-bond donors (Lipinski definition) is 1. The molecule has 3 nitrogen and oxygen atoms in total. The van der Waals surface area contributed by atoms with E-state index in [1.807, 2.05) is 0 Å². The summed E-state index contributed by atoms with van der Waals surface area (Å²) in [5, 5.41) is 1.39. The Labute approximate surface area is 213 Å². The van der Waals surface area contributed by atoms with Gasteiger partial charge in [0.1, 0.15) is 0 Å². The van der Waals surface area contributed by atoms with E-state index in [-0.39, 0.29) is 5.60 Å². The molecule has 1 aromatic heterocycles. The molecule has 4 rings (SSSR count). The molecule has 2 fully saturated rings. The van der Waals surface area contributed by atoms with Crippen LogP contribution in [0, 0.1) is 0 Å². The van der Waals surface area contributed by atoms with E-state index in [1.165, 1.54) is 71.2 Å². The van der Waals surface area contributed by atoms with Crippen LogP contribution in [0.4, 0.5) is 0 Å². The van der Waals surface area contributed by atoms with Crippen LogP contribution in [0.25, 0.3) is 16.5 Å². The first kappa shape index (κ1) is 26.0. The number of allylic oxidation sites excluding steroid dienone is 5. The van der Waals surface area contributed by atoms with Gasteiger partial charge in [0.05, 0.1) is 5.60 Å². The molecule has 0 saturated carbocycles. The number of nitrogens with one attached hydrogen (secondary N) is 1. The molecule has 0 aliphatic carbocycles. The third-order valence-corrected chi connectivity index (χ3v) is 7.76. The molecule has 2 aromatic rings. The number of aromatic amines is 1. The number of rotatable bonds is 6. The average molecular weight is 475 g/mol. The molecule has 190 valence electrons. The zero-order valence-electron chi connectivity index (χ0n) is 23.1. The van der Waals surface area contributed by atoms with Gasteiger partial charge in [0.2, 0.25) is 0 Å². The Bertz CT molecular complexity index is 1120. The number of hydrogen-bond acceptors (Lipinski definition) is 2. The summed E-state index contributed by atoms with van der Waals surface area (Å²) in [7, 11) is 0. The Morgan fingerprint density at radius 1 is 1.11 bits per heavy atom. The molecule has 35 heavy (non-hydrogen) atoms. The topological polar surface area (TPSA) is 28.3 Å². The van der Waals surface area contributed by atoms with Crippen molar-refractivity contribution in [1.29, 1.82) is 0 Å². The van der Waals surface area contributed by atoms with E-state index >= 15 is 0 Å². The van der Waals surface area contributed by atoms with Gasteiger partial charge in [-0.2, -0.15) is 0 Å². The van der Waals surface area contributed by atoms with Gasteiger partial charge in [-0.15, -0.1) is 0 Å². The number of aromatic nitrogens is 1. The molecular formula is C32H46N2O. The number of nitrogens with zero attached hydrogens (tertiary/aromatic N) is 1. The van der Waals surface area contributed by atoms with Crippen molar-refractivity contribution in [3.63, 3.8) is 0 Å². The fourth-order valence-corrected chi connectivity index (χ4v) is 6.18. The lowest BCUT2D eigenvalue weighted by atomic mass is 9.85. The zero-order chi connectivity index (χ0) is 25.3. The van der Waals surface area contributed by atoms with Crippen molar-refractivity contribution in [1.82, 2.24) is 9.88 Å². The molecule has 0 radical (unpaired) electrons. The smallest absolute Gasteiger partial charge is 0.0641 e. The van der Waals surface area contributed by atoms with Crippen LogP contribution in [0.5, 0.6) is 0 Å². The van der Waals surface area contributed by atoms with E-state index in [9.17, 15) is 0 Å². The van der Waals surface area contributed by atoms with Crippen molar-refractivity contribution in [3.05, 3.63) is 64.9 Å². The van der Waals surface area contributed by atoms with Crippen LogP contribution >= 0.6 is 0 Å². The van der Waals surface area contributed by atoms with Crippen molar-refractivity contribution in [2.45, 2.75) is 97.6 Å². The standard InChI is InChI=1S/C32H46N2O/c1-21(2)17-26(18-22(3)4)31-30(23(5)6)28-19-25(9-10-29(28)33-31)24-11-14-34(15-12-24)27-13-16-35-32(7,8)20-27/h9-10,17-19,23-24,27,33H,1,11-16,20H2,2-8H3/b26-17+. The lowest BCUT2D eigenvalue weighted by Crippen LogP contribution is -2.48. The lowest BCUT2D eigenvalue weighted by Gasteiger charge is -2.44. The Morgan fingerprint density at radius 2 is 1.83 bits per heavy atom. The van der Waals surface area contributed by atoms with Gasteiger partial charge in [0.15, 0.2) is 0 Å². The molecule has 3 heterocycles. The largest absolute Gasteiger partial charge is 0.375 e. The molecule has 1 unspecified atom stereocenters. The Kier molecular flexibility index (Phi) is 7.78. The highest BCUT2D eigenvalue weighted by molar-refractivity contribution is 5.92. The molecule has 2 aliphatic rings. The second-order valence-corrected chi connectivity index (χ2v) is 12.1. The normalized spacial score (nSPS) is 22.1. The summed E-state index contributed by atoms with van der Waals surface area (Å²) >= 11 is 0. The molecular weight excluding hydrogens is 428 g/mol. The minimum atomic E-state index is 0.0208. The summed E-state index contributed by atoms with van der Waals surface area (Å²) in [5.41, 5.74) is 9.03. The van der Waals surface area contributed by atoms with Crippen LogP contribution in [-0.2, 0) is 4.74 Å². The van der Waals surface area contributed by atoms with E-state index in [1.54, 1.807) is 0 Å². The SMILES string of the molecule is C=C(C)/C=C(\C=C(C)C)c1[nH]c2ccc(C3CCN(C4CCOC(C)(C)C4)CC3)cc2c1C(C)C. The van der Waals surface area contributed by atoms with Crippen molar-refractivity contribution in [3.8, 4) is 0 Å². The van der Waals surface area contributed by atoms with E-state index in [0.29, 0.717) is 17.9 Å². The summed E-state index contributed by atoms with van der Waals surface area (Å²) in [5.74, 6) is 1.08. The van der Waals surface area contributed by atoms with E-state index in [0.717, 1.165) is 18.6 Å². The highest BCUT2D eigenvalue weighted by Gasteiger charge is 2.34. The number of ether oxygens (including phenoxy) is 1. The first-order chi connectivity index (χ1) is 16.5. The van der Waals surface area contributed by atoms with Gasteiger partial charge in [-0.1, -0.05) is 49.8 Å². The maximum Gasteiger partial charge on any atom is 0.0641 e. The van der Waals surface area contributed by atoms with Crippen LogP contribution in [0.2, 0.25) is 0 Å². The average Bonchev–Trinajstić information content (AvgIpc) is 3.16. The summed E-state index contributed by atoms with van der Waals surface area (Å²) in [6.07, 6.45) is 9.30. The maximum atomic E-state index is 5.97. The monoisotopic (exact) mass is 474 g/mol. The molecule has 3 heteroatoms. The molecule has 2 aliphatic heterocycles. The number of benzene rings is 1. The van der Waals surface area contributed by atoms with Crippen LogP contribution in [0.1, 0.15) is 103 Å². The van der Waals surface area contributed by atoms with Gasteiger partial charge in [-0.25, -0.2) is 0 Å². The third-order valence-electron chi connectivity index (χ3n) is 7.76. The van der Waals surface area contributed by atoms with E-state index < -0.39 is 0 Å². The second-order valence-electron chi connectivity index (χ2n) is 12.1. The predicted molar refractivity (Wildman–Crippen MR) is 151 cm³/mol. The third kappa shape index (κ3) is 6.01. The first-order valence-corrected chi connectivity index (χ1v) is 13.6. The van der Waals surface area contributed by atoms with Gasteiger partial charge >= 0.3 is 0 Å².